The fourth-order valence-corrected chi connectivity index (χ4v) is 1.57. The van der Waals surface area contributed by atoms with Crippen molar-refractivity contribution in [2.24, 2.45) is 0 Å². The van der Waals surface area contributed by atoms with E-state index in [-0.39, 0.29) is 12.0 Å². The fourth-order valence-electron chi connectivity index (χ4n) is 1.57. The monoisotopic (exact) mass is 253 g/mol. The van der Waals surface area contributed by atoms with Gasteiger partial charge in [0.1, 0.15) is 0 Å². The Morgan fingerprint density at radius 1 is 1.44 bits per heavy atom. The van der Waals surface area contributed by atoms with E-state index in [1.165, 1.54) is 0 Å². The molecular weight excluding hydrogens is 234 g/mol. The van der Waals surface area contributed by atoms with Gasteiger partial charge in [-0.3, -0.25) is 9.59 Å². The molecule has 0 unspecified atom stereocenters. The van der Waals surface area contributed by atoms with E-state index in [1.807, 2.05) is 6.92 Å². The van der Waals surface area contributed by atoms with Gasteiger partial charge in [0.25, 0.3) is 5.56 Å². The van der Waals surface area contributed by atoms with Crippen LogP contribution in [0.15, 0.2) is 23.1 Å². The second-order valence-electron chi connectivity index (χ2n) is 4.07. The SMILES string of the molecule is CCCOc1cccn(CCCCC(=O)O)c1=O. The van der Waals surface area contributed by atoms with Crippen LogP contribution in [0.1, 0.15) is 32.6 Å². The van der Waals surface area contributed by atoms with E-state index in [4.69, 9.17) is 9.84 Å². The summed E-state index contributed by atoms with van der Waals surface area (Å²) in [5, 5.41) is 8.52. The number of rotatable bonds is 8. The van der Waals surface area contributed by atoms with Gasteiger partial charge in [0.05, 0.1) is 6.61 Å². The zero-order valence-corrected chi connectivity index (χ0v) is 10.6. The summed E-state index contributed by atoms with van der Waals surface area (Å²) in [6.07, 6.45) is 3.93. The van der Waals surface area contributed by atoms with Crippen molar-refractivity contribution in [3.63, 3.8) is 0 Å². The number of carbonyl (C=O) groups is 1. The Kier molecular flexibility index (Phi) is 5.97. The van der Waals surface area contributed by atoms with E-state index >= 15 is 0 Å². The van der Waals surface area contributed by atoms with Crippen molar-refractivity contribution in [1.82, 2.24) is 4.57 Å². The Morgan fingerprint density at radius 3 is 2.89 bits per heavy atom. The minimum atomic E-state index is -0.803. The molecular formula is C13H19NO4. The minimum absolute atomic E-state index is 0.140. The normalized spacial score (nSPS) is 10.3. The number of hydrogen-bond acceptors (Lipinski definition) is 3. The number of ether oxygens (including phenoxy) is 1. The summed E-state index contributed by atoms with van der Waals surface area (Å²) in [7, 11) is 0. The molecule has 0 saturated carbocycles. The van der Waals surface area contributed by atoms with E-state index in [1.54, 1.807) is 22.9 Å². The lowest BCUT2D eigenvalue weighted by molar-refractivity contribution is -0.137. The number of nitrogens with zero attached hydrogens (tertiary/aromatic N) is 1. The molecule has 0 bridgehead atoms. The Labute approximate surface area is 106 Å². The smallest absolute Gasteiger partial charge is 0.303 e. The zero-order valence-electron chi connectivity index (χ0n) is 10.6. The van der Waals surface area contributed by atoms with Gasteiger partial charge in [-0.1, -0.05) is 6.92 Å². The van der Waals surface area contributed by atoms with Gasteiger partial charge in [0, 0.05) is 19.2 Å². The first kappa shape index (κ1) is 14.3. The number of carboxylic acids is 1. The first-order chi connectivity index (χ1) is 8.65. The van der Waals surface area contributed by atoms with Gasteiger partial charge in [-0.15, -0.1) is 0 Å². The average molecular weight is 253 g/mol. The molecule has 5 nitrogen and oxygen atoms in total. The molecule has 0 saturated heterocycles. The van der Waals surface area contributed by atoms with Gasteiger partial charge in [-0.05, 0) is 31.4 Å². The molecule has 0 aromatic carbocycles. The molecule has 5 heteroatoms. The lowest BCUT2D eigenvalue weighted by Gasteiger charge is -2.08. The second kappa shape index (κ2) is 7.53. The molecule has 1 heterocycles. The summed E-state index contributed by atoms with van der Waals surface area (Å²) >= 11 is 0. The van der Waals surface area contributed by atoms with Crippen molar-refractivity contribution in [3.8, 4) is 5.75 Å². The fraction of sp³-hybridized carbons (Fsp3) is 0.538. The molecule has 1 aromatic heterocycles. The van der Waals surface area contributed by atoms with Gasteiger partial charge >= 0.3 is 5.97 Å². The summed E-state index contributed by atoms with van der Waals surface area (Å²) < 4.78 is 6.91. The van der Waals surface area contributed by atoms with Crippen LogP contribution in [0.3, 0.4) is 0 Å². The highest BCUT2D eigenvalue weighted by atomic mass is 16.5. The Morgan fingerprint density at radius 2 is 2.22 bits per heavy atom. The van der Waals surface area contributed by atoms with Gasteiger partial charge < -0.3 is 14.4 Å². The van der Waals surface area contributed by atoms with Gasteiger partial charge in [0.2, 0.25) is 0 Å². The number of aliphatic carboxylic acids is 1. The van der Waals surface area contributed by atoms with Gasteiger partial charge in [-0.2, -0.15) is 0 Å². The Hall–Kier alpha value is -1.78. The number of pyridine rings is 1. The Balaban J connectivity index is 2.55. The maximum Gasteiger partial charge on any atom is 0.303 e. The molecule has 0 aliphatic carbocycles. The lowest BCUT2D eigenvalue weighted by atomic mass is 10.2. The number of unbranched alkanes of at least 4 members (excludes halogenated alkanes) is 1. The molecule has 0 radical (unpaired) electrons. The van der Waals surface area contributed by atoms with Crippen LogP contribution in [0.4, 0.5) is 0 Å². The van der Waals surface area contributed by atoms with Crippen LogP contribution in [0.5, 0.6) is 5.75 Å². The Bertz CT molecular complexity index is 439. The van der Waals surface area contributed by atoms with Gasteiger partial charge in [-0.25, -0.2) is 0 Å². The first-order valence-corrected chi connectivity index (χ1v) is 6.19. The topological polar surface area (TPSA) is 68.5 Å². The van der Waals surface area contributed by atoms with Crippen molar-refractivity contribution in [1.29, 1.82) is 0 Å². The molecule has 1 aromatic rings. The standard InChI is InChI=1S/C13H19NO4/c1-2-10-18-11-6-5-9-14(13(11)17)8-4-3-7-12(15)16/h5-6,9H,2-4,7-8,10H2,1H3,(H,15,16). The molecule has 0 spiro atoms. The highest BCUT2D eigenvalue weighted by Gasteiger charge is 2.04. The molecule has 0 aliphatic heterocycles. The van der Waals surface area contributed by atoms with E-state index in [2.05, 4.69) is 0 Å². The molecule has 100 valence electrons. The molecule has 0 aliphatic rings. The highest BCUT2D eigenvalue weighted by Crippen LogP contribution is 2.04. The predicted molar refractivity (Wildman–Crippen MR) is 68.0 cm³/mol. The van der Waals surface area contributed by atoms with Crippen LogP contribution in [-0.2, 0) is 11.3 Å². The third kappa shape index (κ3) is 4.61. The summed E-state index contributed by atoms with van der Waals surface area (Å²) in [5.41, 5.74) is -0.152. The summed E-state index contributed by atoms with van der Waals surface area (Å²) in [5.74, 6) is -0.444. The third-order valence-electron chi connectivity index (χ3n) is 2.49. The van der Waals surface area contributed by atoms with Crippen LogP contribution >= 0.6 is 0 Å². The third-order valence-corrected chi connectivity index (χ3v) is 2.49. The van der Waals surface area contributed by atoms with E-state index in [9.17, 15) is 9.59 Å². The van der Waals surface area contributed by atoms with Gasteiger partial charge in [0.15, 0.2) is 5.75 Å². The number of hydrogen-bond donors (Lipinski definition) is 1. The molecule has 1 N–H and O–H groups in total. The maximum atomic E-state index is 11.9. The van der Waals surface area contributed by atoms with E-state index in [0.29, 0.717) is 31.7 Å². The number of aryl methyl sites for hydroxylation is 1. The largest absolute Gasteiger partial charge is 0.488 e. The number of carboxylic acid groups (broad SMARTS) is 1. The molecule has 0 amide bonds. The maximum absolute atomic E-state index is 11.9. The lowest BCUT2D eigenvalue weighted by Crippen LogP contribution is -2.21. The molecule has 0 atom stereocenters. The zero-order chi connectivity index (χ0) is 13.4. The van der Waals surface area contributed by atoms with Crippen LogP contribution < -0.4 is 10.3 Å². The van der Waals surface area contributed by atoms with Crippen molar-refractivity contribution in [3.05, 3.63) is 28.7 Å². The average Bonchev–Trinajstić information content (AvgIpc) is 2.34. The van der Waals surface area contributed by atoms with Crippen molar-refractivity contribution < 1.29 is 14.6 Å². The summed E-state index contributed by atoms with van der Waals surface area (Å²) in [4.78, 5) is 22.3. The van der Waals surface area contributed by atoms with Crippen LogP contribution in [0.25, 0.3) is 0 Å². The summed E-state index contributed by atoms with van der Waals surface area (Å²) in [6.45, 7) is 3.03. The first-order valence-electron chi connectivity index (χ1n) is 6.19. The van der Waals surface area contributed by atoms with E-state index in [0.717, 1.165) is 6.42 Å². The van der Waals surface area contributed by atoms with Crippen LogP contribution in [0.2, 0.25) is 0 Å². The van der Waals surface area contributed by atoms with Crippen LogP contribution in [-0.4, -0.2) is 22.2 Å². The van der Waals surface area contributed by atoms with Crippen molar-refractivity contribution in [2.75, 3.05) is 6.61 Å². The minimum Gasteiger partial charge on any atom is -0.488 e. The molecule has 18 heavy (non-hydrogen) atoms. The molecule has 1 rings (SSSR count). The van der Waals surface area contributed by atoms with E-state index < -0.39 is 5.97 Å². The number of aromatic nitrogens is 1. The molecule has 0 fully saturated rings. The highest BCUT2D eigenvalue weighted by molar-refractivity contribution is 5.66. The quantitative estimate of drug-likeness (QED) is 0.718. The van der Waals surface area contributed by atoms with Crippen molar-refractivity contribution >= 4 is 5.97 Å². The second-order valence-corrected chi connectivity index (χ2v) is 4.07. The van der Waals surface area contributed by atoms with Crippen LogP contribution in [0, 0.1) is 0 Å². The summed E-state index contributed by atoms with van der Waals surface area (Å²) in [6, 6.07) is 3.43. The predicted octanol–water partition coefficient (Wildman–Crippen LogP) is 1.89. The van der Waals surface area contributed by atoms with Crippen molar-refractivity contribution in [2.45, 2.75) is 39.2 Å².